The summed E-state index contributed by atoms with van der Waals surface area (Å²) < 4.78 is 6.76. The summed E-state index contributed by atoms with van der Waals surface area (Å²) in [5.74, 6) is 1.37. The number of rotatable bonds is 3. The molecule has 3 aromatic rings. The van der Waals surface area contributed by atoms with E-state index in [9.17, 15) is 9.59 Å². The molecule has 1 heterocycles. The number of hydrogen-bond donors (Lipinski definition) is 1. The van der Waals surface area contributed by atoms with Crippen LogP contribution in [0.25, 0.3) is 5.69 Å². The zero-order chi connectivity index (χ0) is 14.7. The lowest BCUT2D eigenvalue weighted by Gasteiger charge is -2.07. The number of ether oxygens (including phenoxy) is 1. The van der Waals surface area contributed by atoms with Gasteiger partial charge < -0.3 is 4.74 Å². The van der Waals surface area contributed by atoms with Gasteiger partial charge in [0, 0.05) is 0 Å². The van der Waals surface area contributed by atoms with Crippen molar-refractivity contribution in [3.63, 3.8) is 0 Å². The van der Waals surface area contributed by atoms with Crippen molar-refractivity contribution in [2.75, 3.05) is 0 Å². The molecular weight excluding hydrogens is 270 g/mol. The van der Waals surface area contributed by atoms with Gasteiger partial charge in [0.1, 0.15) is 17.7 Å². The first-order chi connectivity index (χ1) is 10.2. The van der Waals surface area contributed by atoms with Crippen molar-refractivity contribution in [1.82, 2.24) is 14.8 Å². The van der Waals surface area contributed by atoms with Crippen LogP contribution in [0.5, 0.6) is 11.5 Å². The van der Waals surface area contributed by atoms with Crippen LogP contribution in [0.2, 0.25) is 0 Å². The molecule has 6 nitrogen and oxygen atoms in total. The molecule has 0 bridgehead atoms. The van der Waals surface area contributed by atoms with Crippen LogP contribution in [0.15, 0.2) is 70.4 Å². The number of aromatic nitrogens is 3. The molecule has 0 saturated heterocycles. The summed E-state index contributed by atoms with van der Waals surface area (Å²) in [7, 11) is 0. The van der Waals surface area contributed by atoms with Crippen molar-refractivity contribution in [2.45, 2.75) is 0 Å². The van der Waals surface area contributed by atoms with Crippen molar-refractivity contribution in [1.29, 1.82) is 0 Å². The Morgan fingerprint density at radius 2 is 1.57 bits per heavy atom. The summed E-state index contributed by atoms with van der Waals surface area (Å²) in [6.07, 6.45) is 1.05. The van der Waals surface area contributed by atoms with Gasteiger partial charge in [0.25, 0.3) is 5.56 Å². The second-order valence-electron chi connectivity index (χ2n) is 4.26. The minimum Gasteiger partial charge on any atom is -0.457 e. The maximum Gasteiger partial charge on any atom is 0.349 e. The Kier molecular flexibility index (Phi) is 3.34. The lowest BCUT2D eigenvalue weighted by Crippen LogP contribution is -2.30. The highest BCUT2D eigenvalue weighted by atomic mass is 16.5. The first-order valence-corrected chi connectivity index (χ1v) is 6.24. The number of H-pyrrole nitrogens is 1. The van der Waals surface area contributed by atoms with Gasteiger partial charge in [-0.2, -0.15) is 9.78 Å². The van der Waals surface area contributed by atoms with Gasteiger partial charge in [0.2, 0.25) is 0 Å². The van der Waals surface area contributed by atoms with E-state index in [0.717, 1.165) is 16.6 Å². The van der Waals surface area contributed by atoms with Crippen LogP contribution in [-0.4, -0.2) is 14.8 Å². The summed E-state index contributed by atoms with van der Waals surface area (Å²) >= 11 is 0. The number of hydrogen-bond acceptors (Lipinski definition) is 4. The van der Waals surface area contributed by atoms with Gasteiger partial charge in [0.05, 0.1) is 5.69 Å². The van der Waals surface area contributed by atoms with E-state index in [4.69, 9.17) is 4.74 Å². The third kappa shape index (κ3) is 2.89. The predicted molar refractivity (Wildman–Crippen MR) is 77.0 cm³/mol. The predicted octanol–water partition coefficient (Wildman–Crippen LogP) is 1.71. The van der Waals surface area contributed by atoms with Gasteiger partial charge in [-0.05, 0) is 36.4 Å². The third-order valence-electron chi connectivity index (χ3n) is 2.77. The molecule has 0 fully saturated rings. The second kappa shape index (κ2) is 5.46. The summed E-state index contributed by atoms with van der Waals surface area (Å²) in [5, 5.41) is 3.78. The third-order valence-corrected chi connectivity index (χ3v) is 2.77. The van der Waals surface area contributed by atoms with Crippen LogP contribution in [0.3, 0.4) is 0 Å². The Morgan fingerprint density at radius 3 is 2.24 bits per heavy atom. The standard InChI is InChI=1S/C15H11N3O3/c19-14-10-16-18(15(20)17-14)11-6-8-13(9-7-11)21-12-4-2-1-3-5-12/h1-10H,(H,17,19,20). The van der Waals surface area contributed by atoms with Gasteiger partial charge >= 0.3 is 5.69 Å². The molecule has 1 N–H and O–H groups in total. The molecule has 0 radical (unpaired) electrons. The van der Waals surface area contributed by atoms with Gasteiger partial charge in [-0.25, -0.2) is 4.79 Å². The highest BCUT2D eigenvalue weighted by Crippen LogP contribution is 2.21. The SMILES string of the molecule is O=c1cnn(-c2ccc(Oc3ccccc3)cc2)c(=O)[nH]1. The van der Waals surface area contributed by atoms with Gasteiger partial charge in [-0.3, -0.25) is 9.78 Å². The Labute approximate surface area is 119 Å². The highest BCUT2D eigenvalue weighted by molar-refractivity contribution is 5.38. The average Bonchev–Trinajstić information content (AvgIpc) is 2.49. The molecule has 0 amide bonds. The largest absolute Gasteiger partial charge is 0.457 e. The van der Waals surface area contributed by atoms with E-state index >= 15 is 0 Å². The molecule has 1 aromatic heterocycles. The number of nitrogens with zero attached hydrogens (tertiary/aromatic N) is 2. The molecule has 104 valence electrons. The molecule has 0 spiro atoms. The van der Waals surface area contributed by atoms with E-state index in [1.165, 1.54) is 0 Å². The quantitative estimate of drug-likeness (QED) is 0.793. The van der Waals surface area contributed by atoms with Crippen LogP contribution in [-0.2, 0) is 0 Å². The highest BCUT2D eigenvalue weighted by Gasteiger charge is 2.02. The van der Waals surface area contributed by atoms with E-state index in [1.807, 2.05) is 30.3 Å². The summed E-state index contributed by atoms with van der Waals surface area (Å²) in [6.45, 7) is 0. The van der Waals surface area contributed by atoms with Crippen LogP contribution in [0.4, 0.5) is 0 Å². The molecule has 0 aliphatic rings. The fourth-order valence-electron chi connectivity index (χ4n) is 1.82. The van der Waals surface area contributed by atoms with Crippen molar-refractivity contribution >= 4 is 0 Å². The zero-order valence-electron chi connectivity index (χ0n) is 10.9. The first kappa shape index (κ1) is 12.9. The van der Waals surface area contributed by atoms with Gasteiger partial charge in [-0.15, -0.1) is 0 Å². The molecule has 0 saturated carbocycles. The van der Waals surface area contributed by atoms with Crippen molar-refractivity contribution < 1.29 is 4.74 Å². The van der Waals surface area contributed by atoms with Crippen molar-refractivity contribution in [3.05, 3.63) is 81.6 Å². The Balaban J connectivity index is 1.87. The molecule has 0 atom stereocenters. The summed E-state index contributed by atoms with van der Waals surface area (Å²) in [6, 6.07) is 16.2. The van der Waals surface area contributed by atoms with E-state index < -0.39 is 11.2 Å². The lowest BCUT2D eigenvalue weighted by atomic mass is 10.3. The van der Waals surface area contributed by atoms with Gasteiger partial charge in [-0.1, -0.05) is 18.2 Å². The van der Waals surface area contributed by atoms with E-state index in [1.54, 1.807) is 24.3 Å². The first-order valence-electron chi connectivity index (χ1n) is 6.24. The van der Waals surface area contributed by atoms with Crippen LogP contribution in [0.1, 0.15) is 0 Å². The second-order valence-corrected chi connectivity index (χ2v) is 4.26. The molecule has 2 aromatic carbocycles. The molecule has 3 rings (SSSR count). The maximum atomic E-state index is 11.6. The monoisotopic (exact) mass is 281 g/mol. The number of para-hydroxylation sites is 1. The van der Waals surface area contributed by atoms with E-state index in [-0.39, 0.29) is 0 Å². The van der Waals surface area contributed by atoms with E-state index in [0.29, 0.717) is 11.4 Å². The van der Waals surface area contributed by atoms with Crippen molar-refractivity contribution in [3.8, 4) is 17.2 Å². The Hall–Kier alpha value is -3.15. The Morgan fingerprint density at radius 1 is 0.905 bits per heavy atom. The number of benzene rings is 2. The molecule has 0 unspecified atom stereocenters. The van der Waals surface area contributed by atoms with E-state index in [2.05, 4.69) is 10.1 Å². The average molecular weight is 281 g/mol. The fraction of sp³-hybridized carbons (Fsp3) is 0. The molecule has 0 aliphatic heterocycles. The molecule has 6 heteroatoms. The number of aromatic amines is 1. The lowest BCUT2D eigenvalue weighted by molar-refractivity contribution is 0.482. The Bertz CT molecular complexity index is 852. The minimum absolute atomic E-state index is 0.528. The minimum atomic E-state index is -0.584. The van der Waals surface area contributed by atoms with Crippen LogP contribution in [0, 0.1) is 0 Å². The van der Waals surface area contributed by atoms with Crippen LogP contribution < -0.4 is 16.0 Å². The van der Waals surface area contributed by atoms with Crippen molar-refractivity contribution in [2.24, 2.45) is 0 Å². The topological polar surface area (TPSA) is 77.0 Å². The fourth-order valence-corrected chi connectivity index (χ4v) is 1.82. The smallest absolute Gasteiger partial charge is 0.349 e. The molecule has 21 heavy (non-hydrogen) atoms. The zero-order valence-corrected chi connectivity index (χ0v) is 10.9. The van der Waals surface area contributed by atoms with Gasteiger partial charge in [0.15, 0.2) is 0 Å². The molecular formula is C15H11N3O3. The summed E-state index contributed by atoms with van der Waals surface area (Å²) in [4.78, 5) is 24.8. The maximum absolute atomic E-state index is 11.6. The van der Waals surface area contributed by atoms with Crippen LogP contribution >= 0.6 is 0 Å². The molecule has 0 aliphatic carbocycles. The normalized spacial score (nSPS) is 10.3. The number of nitrogens with one attached hydrogen (secondary N) is 1. The summed E-state index contributed by atoms with van der Waals surface area (Å²) in [5.41, 5.74) is -0.573.